The molecule has 1 aliphatic heterocycles. The van der Waals surface area contributed by atoms with Crippen molar-refractivity contribution in [1.29, 1.82) is 5.26 Å². The van der Waals surface area contributed by atoms with E-state index in [9.17, 15) is 5.26 Å². The fourth-order valence-corrected chi connectivity index (χ4v) is 2.92. The third kappa shape index (κ3) is 3.49. The molecule has 0 aliphatic carbocycles. The molecule has 0 spiro atoms. The van der Waals surface area contributed by atoms with Gasteiger partial charge >= 0.3 is 0 Å². The lowest BCUT2D eigenvalue weighted by molar-refractivity contribution is 0.552. The maximum absolute atomic E-state index is 9.29. The number of nitrogens with one attached hydrogen (secondary N) is 1. The highest BCUT2D eigenvalue weighted by Crippen LogP contribution is 2.27. The molecule has 2 rings (SSSR count). The third-order valence-electron chi connectivity index (χ3n) is 3.59. The molecule has 19 heavy (non-hydrogen) atoms. The number of hydrogen-bond acceptors (Lipinski definition) is 3. The van der Waals surface area contributed by atoms with Gasteiger partial charge in [0.15, 0.2) is 0 Å². The van der Waals surface area contributed by atoms with Crippen LogP contribution in [0.4, 0.5) is 5.69 Å². The second kappa shape index (κ2) is 6.40. The number of benzene rings is 1. The molecule has 0 saturated carbocycles. The Morgan fingerprint density at radius 1 is 1.53 bits per heavy atom. The van der Waals surface area contributed by atoms with Crippen molar-refractivity contribution in [2.45, 2.75) is 38.8 Å². The molecule has 1 aliphatic rings. The summed E-state index contributed by atoms with van der Waals surface area (Å²) in [5.41, 5.74) is 1.77. The Morgan fingerprint density at radius 3 is 2.89 bits per heavy atom. The zero-order valence-corrected chi connectivity index (χ0v) is 13.1. The van der Waals surface area contributed by atoms with E-state index in [2.05, 4.69) is 46.1 Å². The van der Waals surface area contributed by atoms with Gasteiger partial charge in [-0.2, -0.15) is 5.26 Å². The van der Waals surface area contributed by atoms with Crippen LogP contribution in [0.3, 0.4) is 0 Å². The van der Waals surface area contributed by atoms with E-state index in [1.54, 1.807) is 0 Å². The van der Waals surface area contributed by atoms with Crippen LogP contribution in [-0.2, 0) is 0 Å². The van der Waals surface area contributed by atoms with Gasteiger partial charge in [0.2, 0.25) is 0 Å². The highest BCUT2D eigenvalue weighted by molar-refractivity contribution is 9.10. The molecule has 0 bridgehead atoms. The molecule has 0 radical (unpaired) electrons. The van der Waals surface area contributed by atoms with Crippen molar-refractivity contribution >= 4 is 21.6 Å². The first-order chi connectivity index (χ1) is 9.11. The first kappa shape index (κ1) is 14.4. The minimum absolute atomic E-state index is 0.379. The third-order valence-corrected chi connectivity index (χ3v) is 4.09. The predicted molar refractivity (Wildman–Crippen MR) is 82.4 cm³/mol. The smallest absolute Gasteiger partial charge is 0.101 e. The van der Waals surface area contributed by atoms with E-state index in [1.165, 1.54) is 12.8 Å². The van der Waals surface area contributed by atoms with Crippen molar-refractivity contribution in [3.8, 4) is 6.07 Å². The molecule has 1 heterocycles. The fraction of sp³-hybridized carbons (Fsp3) is 0.533. The highest BCUT2D eigenvalue weighted by atomic mass is 79.9. The molecule has 4 heteroatoms. The number of halogens is 1. The summed E-state index contributed by atoms with van der Waals surface area (Å²) >= 11 is 3.50. The lowest BCUT2D eigenvalue weighted by Gasteiger charge is -2.32. The van der Waals surface area contributed by atoms with Crippen molar-refractivity contribution in [2.75, 3.05) is 18.0 Å². The zero-order chi connectivity index (χ0) is 13.8. The summed E-state index contributed by atoms with van der Waals surface area (Å²) in [6, 6.07) is 9.07. The molecule has 1 aromatic carbocycles. The Hall–Kier alpha value is -1.05. The average molecular weight is 322 g/mol. The average Bonchev–Trinajstić information content (AvgIpc) is 2.88. The van der Waals surface area contributed by atoms with Crippen LogP contribution in [0.15, 0.2) is 22.7 Å². The Kier molecular flexibility index (Phi) is 4.84. The van der Waals surface area contributed by atoms with Gasteiger partial charge in [0.1, 0.15) is 6.07 Å². The van der Waals surface area contributed by atoms with E-state index >= 15 is 0 Å². The minimum atomic E-state index is 0.379. The molecule has 1 unspecified atom stereocenters. The van der Waals surface area contributed by atoms with E-state index < -0.39 is 0 Å². The Labute approximate surface area is 123 Å². The number of nitriles is 1. The van der Waals surface area contributed by atoms with Crippen molar-refractivity contribution in [3.05, 3.63) is 28.2 Å². The second-order valence-electron chi connectivity index (χ2n) is 5.31. The number of nitrogens with zero attached hydrogens (tertiary/aromatic N) is 2. The maximum atomic E-state index is 9.29. The van der Waals surface area contributed by atoms with E-state index in [0.29, 0.717) is 12.1 Å². The molecule has 0 aromatic heterocycles. The van der Waals surface area contributed by atoms with Gasteiger partial charge < -0.3 is 10.2 Å². The van der Waals surface area contributed by atoms with Crippen LogP contribution >= 0.6 is 15.9 Å². The van der Waals surface area contributed by atoms with Crippen LogP contribution in [0.5, 0.6) is 0 Å². The van der Waals surface area contributed by atoms with Gasteiger partial charge in [0.25, 0.3) is 0 Å². The summed E-state index contributed by atoms with van der Waals surface area (Å²) in [6.45, 7) is 6.43. The van der Waals surface area contributed by atoms with Gasteiger partial charge in [-0.1, -0.05) is 15.9 Å². The quantitative estimate of drug-likeness (QED) is 0.924. The van der Waals surface area contributed by atoms with Gasteiger partial charge in [0.05, 0.1) is 11.3 Å². The molecular weight excluding hydrogens is 302 g/mol. The Bertz CT molecular complexity index is 473. The zero-order valence-electron chi connectivity index (χ0n) is 11.5. The Balaban J connectivity index is 2.27. The van der Waals surface area contributed by atoms with Crippen molar-refractivity contribution < 1.29 is 0 Å². The summed E-state index contributed by atoms with van der Waals surface area (Å²) in [5, 5.41) is 12.8. The van der Waals surface area contributed by atoms with Gasteiger partial charge in [-0.15, -0.1) is 0 Å². The molecule has 0 amide bonds. The maximum Gasteiger partial charge on any atom is 0.101 e. The molecule has 3 nitrogen and oxygen atoms in total. The minimum Gasteiger partial charge on any atom is -0.366 e. The van der Waals surface area contributed by atoms with Crippen molar-refractivity contribution in [3.63, 3.8) is 0 Å². The van der Waals surface area contributed by atoms with Gasteiger partial charge in [0, 0.05) is 23.1 Å². The van der Waals surface area contributed by atoms with Crippen LogP contribution < -0.4 is 10.2 Å². The van der Waals surface area contributed by atoms with Crippen LogP contribution in [-0.4, -0.2) is 25.2 Å². The SMILES string of the molecule is CC(C)N(CC1CCCN1)c1cc(Br)ccc1C#N. The first-order valence-electron chi connectivity index (χ1n) is 6.81. The molecule has 102 valence electrons. The summed E-state index contributed by atoms with van der Waals surface area (Å²) in [7, 11) is 0. The lowest BCUT2D eigenvalue weighted by Crippen LogP contribution is -2.41. The molecule has 1 N–H and O–H groups in total. The topological polar surface area (TPSA) is 39.1 Å². The largest absolute Gasteiger partial charge is 0.366 e. The fourth-order valence-electron chi connectivity index (χ4n) is 2.57. The highest BCUT2D eigenvalue weighted by Gasteiger charge is 2.21. The van der Waals surface area contributed by atoms with Gasteiger partial charge in [-0.05, 0) is 51.4 Å². The van der Waals surface area contributed by atoms with Gasteiger partial charge in [-0.25, -0.2) is 0 Å². The number of rotatable bonds is 4. The van der Waals surface area contributed by atoms with Gasteiger partial charge in [-0.3, -0.25) is 0 Å². The van der Waals surface area contributed by atoms with Crippen LogP contribution in [0.25, 0.3) is 0 Å². The molecule has 1 aromatic rings. The van der Waals surface area contributed by atoms with E-state index in [1.807, 2.05) is 18.2 Å². The standard InChI is InChI=1S/C15H20BrN3/c1-11(2)19(10-14-4-3-7-18-14)15-8-13(16)6-5-12(15)9-17/h5-6,8,11,14,18H,3-4,7,10H2,1-2H3. The first-order valence-corrected chi connectivity index (χ1v) is 7.61. The van der Waals surface area contributed by atoms with E-state index in [-0.39, 0.29) is 0 Å². The molecule has 1 atom stereocenters. The summed E-state index contributed by atoms with van der Waals surface area (Å²) in [6.07, 6.45) is 2.47. The summed E-state index contributed by atoms with van der Waals surface area (Å²) in [4.78, 5) is 2.33. The summed E-state index contributed by atoms with van der Waals surface area (Å²) < 4.78 is 1.02. The monoisotopic (exact) mass is 321 g/mol. The number of anilines is 1. The van der Waals surface area contributed by atoms with Crippen molar-refractivity contribution in [2.24, 2.45) is 0 Å². The van der Waals surface area contributed by atoms with Crippen LogP contribution in [0.1, 0.15) is 32.3 Å². The second-order valence-corrected chi connectivity index (χ2v) is 6.23. The summed E-state index contributed by atoms with van der Waals surface area (Å²) in [5.74, 6) is 0. The van der Waals surface area contributed by atoms with Crippen LogP contribution in [0.2, 0.25) is 0 Å². The lowest BCUT2D eigenvalue weighted by atomic mass is 10.1. The van der Waals surface area contributed by atoms with E-state index in [0.717, 1.165) is 28.8 Å². The normalized spacial score (nSPS) is 18.6. The van der Waals surface area contributed by atoms with Crippen LogP contribution in [0, 0.1) is 11.3 Å². The number of hydrogen-bond donors (Lipinski definition) is 1. The van der Waals surface area contributed by atoms with E-state index in [4.69, 9.17) is 0 Å². The van der Waals surface area contributed by atoms with Crippen molar-refractivity contribution in [1.82, 2.24) is 5.32 Å². The Morgan fingerprint density at radius 2 is 2.32 bits per heavy atom. The molecule has 1 saturated heterocycles. The molecule has 1 fully saturated rings. The predicted octanol–water partition coefficient (Wildman–Crippen LogP) is 3.29. The molecular formula is C15H20BrN3.